The van der Waals surface area contributed by atoms with Crippen molar-refractivity contribution >= 4 is 5.69 Å². The first-order valence-electron chi connectivity index (χ1n) is 6.91. The van der Waals surface area contributed by atoms with Gasteiger partial charge in [0.2, 0.25) is 0 Å². The molecule has 0 spiro atoms. The lowest BCUT2D eigenvalue weighted by molar-refractivity contribution is 0.602. The lowest BCUT2D eigenvalue weighted by atomic mass is 10.0. The van der Waals surface area contributed by atoms with Gasteiger partial charge in [-0.05, 0) is 51.3 Å². The molecule has 2 nitrogen and oxygen atoms in total. The summed E-state index contributed by atoms with van der Waals surface area (Å²) < 4.78 is 0. The number of rotatable bonds is 5. The van der Waals surface area contributed by atoms with Crippen LogP contribution in [0.25, 0.3) is 0 Å². The lowest BCUT2D eigenvalue weighted by Crippen LogP contribution is -2.27. The highest BCUT2D eigenvalue weighted by Crippen LogP contribution is 2.23. The minimum absolute atomic E-state index is 0.687. The predicted molar refractivity (Wildman–Crippen MR) is 74.7 cm³/mol. The van der Waals surface area contributed by atoms with E-state index < -0.39 is 0 Å². The largest absolute Gasteiger partial charge is 0.372 e. The van der Waals surface area contributed by atoms with Crippen LogP contribution in [0.5, 0.6) is 0 Å². The zero-order chi connectivity index (χ0) is 12.1. The average molecular weight is 232 g/mol. The van der Waals surface area contributed by atoms with Crippen LogP contribution in [-0.4, -0.2) is 25.7 Å². The van der Waals surface area contributed by atoms with Crippen LogP contribution >= 0.6 is 0 Å². The minimum atomic E-state index is 0.687. The fraction of sp³-hybridized carbons (Fsp3) is 0.600. The SMILES string of the molecule is CCN(CC)c1ccccc1CC1CCCN1. The lowest BCUT2D eigenvalue weighted by Gasteiger charge is -2.25. The Kier molecular flexibility index (Phi) is 4.43. The molecule has 0 radical (unpaired) electrons. The summed E-state index contributed by atoms with van der Waals surface area (Å²) in [5, 5.41) is 3.59. The van der Waals surface area contributed by atoms with Crippen LogP contribution in [0.2, 0.25) is 0 Å². The topological polar surface area (TPSA) is 15.3 Å². The maximum absolute atomic E-state index is 3.59. The van der Waals surface area contributed by atoms with E-state index in [9.17, 15) is 0 Å². The van der Waals surface area contributed by atoms with Gasteiger partial charge in [0.05, 0.1) is 0 Å². The normalized spacial score (nSPS) is 19.5. The summed E-state index contributed by atoms with van der Waals surface area (Å²) in [4.78, 5) is 2.45. The highest BCUT2D eigenvalue weighted by Gasteiger charge is 2.17. The number of nitrogens with zero attached hydrogens (tertiary/aromatic N) is 1. The molecule has 0 aromatic heterocycles. The van der Waals surface area contributed by atoms with Crippen LogP contribution in [0.15, 0.2) is 24.3 Å². The van der Waals surface area contributed by atoms with E-state index in [1.54, 1.807) is 0 Å². The maximum Gasteiger partial charge on any atom is 0.0399 e. The third-order valence-corrected chi connectivity index (χ3v) is 3.72. The van der Waals surface area contributed by atoms with E-state index in [-0.39, 0.29) is 0 Å². The first-order valence-corrected chi connectivity index (χ1v) is 6.91. The van der Waals surface area contributed by atoms with Crippen molar-refractivity contribution in [1.29, 1.82) is 0 Å². The zero-order valence-corrected chi connectivity index (χ0v) is 11.1. The van der Waals surface area contributed by atoms with E-state index in [1.165, 1.54) is 37.1 Å². The molecular formula is C15H24N2. The third-order valence-electron chi connectivity index (χ3n) is 3.72. The molecule has 1 aromatic rings. The van der Waals surface area contributed by atoms with E-state index in [2.05, 4.69) is 48.3 Å². The van der Waals surface area contributed by atoms with Gasteiger partial charge in [0, 0.05) is 24.8 Å². The molecule has 0 bridgehead atoms. The van der Waals surface area contributed by atoms with Crippen LogP contribution < -0.4 is 10.2 Å². The first-order chi connectivity index (χ1) is 8.35. The molecule has 17 heavy (non-hydrogen) atoms. The Labute approximate surface area is 105 Å². The fourth-order valence-corrected chi connectivity index (χ4v) is 2.75. The summed E-state index contributed by atoms with van der Waals surface area (Å²) in [6, 6.07) is 9.55. The first kappa shape index (κ1) is 12.4. The summed E-state index contributed by atoms with van der Waals surface area (Å²) in [6.45, 7) is 7.83. The van der Waals surface area contributed by atoms with Crippen LogP contribution in [0.3, 0.4) is 0 Å². The Morgan fingerprint density at radius 2 is 2.00 bits per heavy atom. The molecule has 94 valence electrons. The van der Waals surface area contributed by atoms with Crippen LogP contribution in [0, 0.1) is 0 Å². The van der Waals surface area contributed by atoms with Crippen LogP contribution in [0.4, 0.5) is 5.69 Å². The van der Waals surface area contributed by atoms with E-state index in [0.717, 1.165) is 13.1 Å². The van der Waals surface area contributed by atoms with Gasteiger partial charge in [-0.2, -0.15) is 0 Å². The molecule has 1 aliphatic heterocycles. The van der Waals surface area contributed by atoms with E-state index >= 15 is 0 Å². The zero-order valence-electron chi connectivity index (χ0n) is 11.1. The second-order valence-corrected chi connectivity index (χ2v) is 4.80. The number of anilines is 1. The van der Waals surface area contributed by atoms with Gasteiger partial charge >= 0.3 is 0 Å². The number of hydrogen-bond acceptors (Lipinski definition) is 2. The molecule has 2 rings (SSSR count). The van der Waals surface area contributed by atoms with Crippen molar-refractivity contribution in [2.45, 2.75) is 39.2 Å². The fourth-order valence-electron chi connectivity index (χ4n) is 2.75. The quantitative estimate of drug-likeness (QED) is 0.840. The smallest absolute Gasteiger partial charge is 0.0399 e. The Bertz CT molecular complexity index is 339. The standard InChI is InChI=1S/C15H24N2/c1-3-17(4-2)15-10-6-5-8-13(15)12-14-9-7-11-16-14/h5-6,8,10,14,16H,3-4,7,9,11-12H2,1-2H3. The predicted octanol–water partition coefficient (Wildman–Crippen LogP) is 2.83. The van der Waals surface area contributed by atoms with Crippen molar-refractivity contribution in [2.24, 2.45) is 0 Å². The van der Waals surface area contributed by atoms with Gasteiger partial charge in [-0.15, -0.1) is 0 Å². The molecular weight excluding hydrogens is 208 g/mol. The molecule has 1 heterocycles. The summed E-state index contributed by atoms with van der Waals surface area (Å²) >= 11 is 0. The molecule has 1 saturated heterocycles. The van der Waals surface area contributed by atoms with E-state index in [1.807, 2.05) is 0 Å². The minimum Gasteiger partial charge on any atom is -0.372 e. The molecule has 1 atom stereocenters. The molecule has 0 amide bonds. The number of para-hydroxylation sites is 1. The van der Waals surface area contributed by atoms with E-state index in [0.29, 0.717) is 6.04 Å². The van der Waals surface area contributed by atoms with Crippen molar-refractivity contribution in [1.82, 2.24) is 5.32 Å². The monoisotopic (exact) mass is 232 g/mol. The Morgan fingerprint density at radius 3 is 2.65 bits per heavy atom. The molecule has 1 unspecified atom stereocenters. The van der Waals surface area contributed by atoms with Gasteiger partial charge in [-0.25, -0.2) is 0 Å². The van der Waals surface area contributed by atoms with Gasteiger partial charge in [0.25, 0.3) is 0 Å². The summed E-state index contributed by atoms with van der Waals surface area (Å²) in [7, 11) is 0. The van der Waals surface area contributed by atoms with Crippen molar-refractivity contribution in [3.8, 4) is 0 Å². The number of hydrogen-bond donors (Lipinski definition) is 1. The van der Waals surface area contributed by atoms with Gasteiger partial charge in [0.1, 0.15) is 0 Å². The van der Waals surface area contributed by atoms with Crippen LogP contribution in [-0.2, 0) is 6.42 Å². The molecule has 0 saturated carbocycles. The summed E-state index contributed by atoms with van der Waals surface area (Å²) in [6.07, 6.45) is 3.83. The van der Waals surface area contributed by atoms with Crippen LogP contribution in [0.1, 0.15) is 32.3 Å². The van der Waals surface area contributed by atoms with E-state index in [4.69, 9.17) is 0 Å². The van der Waals surface area contributed by atoms with Gasteiger partial charge < -0.3 is 10.2 Å². The highest BCUT2D eigenvalue weighted by atomic mass is 15.1. The molecule has 1 N–H and O–H groups in total. The van der Waals surface area contributed by atoms with Gasteiger partial charge in [-0.1, -0.05) is 18.2 Å². The van der Waals surface area contributed by atoms with Crippen molar-refractivity contribution in [3.63, 3.8) is 0 Å². The summed E-state index contributed by atoms with van der Waals surface area (Å²) in [5.41, 5.74) is 2.92. The Morgan fingerprint density at radius 1 is 1.24 bits per heavy atom. The molecule has 2 heteroatoms. The molecule has 1 fully saturated rings. The van der Waals surface area contributed by atoms with Crippen molar-refractivity contribution < 1.29 is 0 Å². The van der Waals surface area contributed by atoms with Gasteiger partial charge in [-0.3, -0.25) is 0 Å². The van der Waals surface area contributed by atoms with Crippen molar-refractivity contribution in [2.75, 3.05) is 24.5 Å². The Hall–Kier alpha value is -1.02. The average Bonchev–Trinajstić information content (AvgIpc) is 2.86. The van der Waals surface area contributed by atoms with Gasteiger partial charge in [0.15, 0.2) is 0 Å². The Balaban J connectivity index is 2.14. The summed E-state index contributed by atoms with van der Waals surface area (Å²) in [5.74, 6) is 0. The molecule has 1 aromatic carbocycles. The maximum atomic E-state index is 3.59. The highest BCUT2D eigenvalue weighted by molar-refractivity contribution is 5.53. The second kappa shape index (κ2) is 6.06. The molecule has 0 aliphatic carbocycles. The third kappa shape index (κ3) is 3.01. The number of nitrogens with one attached hydrogen (secondary N) is 1. The number of benzene rings is 1. The molecule has 1 aliphatic rings. The van der Waals surface area contributed by atoms with Crippen molar-refractivity contribution in [3.05, 3.63) is 29.8 Å². The second-order valence-electron chi connectivity index (χ2n) is 4.80.